The highest BCUT2D eigenvalue weighted by molar-refractivity contribution is 5.83. The van der Waals surface area contributed by atoms with Gasteiger partial charge in [-0.15, -0.1) is 0 Å². The number of carbonyl (C=O) groups is 1. The molecule has 1 aliphatic carbocycles. The fraction of sp³-hybridized carbons (Fsp3) is 0.611. The predicted molar refractivity (Wildman–Crippen MR) is 86.6 cm³/mol. The molecule has 2 fully saturated rings. The van der Waals surface area contributed by atoms with Crippen LogP contribution in [-0.4, -0.2) is 55.1 Å². The summed E-state index contributed by atoms with van der Waals surface area (Å²) in [4.78, 5) is 16.9. The summed E-state index contributed by atoms with van der Waals surface area (Å²) in [5, 5.41) is 0. The van der Waals surface area contributed by atoms with Gasteiger partial charge in [0.25, 0.3) is 0 Å². The van der Waals surface area contributed by atoms with Crippen LogP contribution in [0.5, 0.6) is 0 Å². The zero-order valence-corrected chi connectivity index (χ0v) is 13.9. The fourth-order valence-electron chi connectivity index (χ4n) is 3.83. The van der Waals surface area contributed by atoms with Gasteiger partial charge in [-0.05, 0) is 44.6 Å². The number of amides is 1. The van der Waals surface area contributed by atoms with E-state index < -0.39 is 0 Å². The number of nitrogens with zero attached hydrogens (tertiary/aromatic N) is 2. The van der Waals surface area contributed by atoms with Crippen LogP contribution in [0, 0.1) is 5.82 Å². The van der Waals surface area contributed by atoms with Gasteiger partial charge in [0.15, 0.2) is 0 Å². The van der Waals surface area contributed by atoms with Crippen molar-refractivity contribution >= 4 is 5.91 Å². The second kappa shape index (κ2) is 6.57. The molecule has 23 heavy (non-hydrogen) atoms. The first-order valence-electron chi connectivity index (χ1n) is 8.35. The van der Waals surface area contributed by atoms with Crippen LogP contribution < -0.4 is 0 Å². The second-order valence-electron chi connectivity index (χ2n) is 6.92. The van der Waals surface area contributed by atoms with Crippen LogP contribution in [-0.2, 0) is 9.53 Å². The lowest BCUT2D eigenvalue weighted by Crippen LogP contribution is -2.54. The summed E-state index contributed by atoms with van der Waals surface area (Å²) in [6.07, 6.45) is 4.44. The van der Waals surface area contributed by atoms with Crippen LogP contribution in [0.2, 0.25) is 0 Å². The molecule has 0 unspecified atom stereocenters. The molecule has 1 spiro atoms. The Balaban J connectivity index is 1.79. The van der Waals surface area contributed by atoms with Gasteiger partial charge in [-0.3, -0.25) is 9.69 Å². The Bertz CT molecular complexity index is 553. The molecule has 126 valence electrons. The van der Waals surface area contributed by atoms with Crippen LogP contribution in [0.1, 0.15) is 37.3 Å². The van der Waals surface area contributed by atoms with Crippen LogP contribution >= 0.6 is 0 Å². The van der Waals surface area contributed by atoms with Crippen LogP contribution in [0.25, 0.3) is 0 Å². The quantitative estimate of drug-likeness (QED) is 0.858. The Morgan fingerprint density at radius 2 is 1.91 bits per heavy atom. The maximum atomic E-state index is 13.2. The number of rotatable bonds is 3. The minimum absolute atomic E-state index is 0.0798. The summed E-state index contributed by atoms with van der Waals surface area (Å²) in [7, 11) is 3.77. The van der Waals surface area contributed by atoms with E-state index in [9.17, 15) is 9.18 Å². The lowest BCUT2D eigenvalue weighted by Gasteiger charge is -2.42. The molecule has 0 radical (unpaired) electrons. The number of halogens is 1. The molecule has 2 aliphatic rings. The molecule has 0 aromatic heterocycles. The van der Waals surface area contributed by atoms with Crippen LogP contribution in [0.4, 0.5) is 4.39 Å². The van der Waals surface area contributed by atoms with Crippen molar-refractivity contribution in [3.8, 4) is 0 Å². The molecule has 1 aromatic carbocycles. The van der Waals surface area contributed by atoms with Crippen molar-refractivity contribution in [1.29, 1.82) is 0 Å². The summed E-state index contributed by atoms with van der Waals surface area (Å²) in [5.74, 6) is -0.203. The number of morpholine rings is 1. The van der Waals surface area contributed by atoms with E-state index in [-0.39, 0.29) is 23.4 Å². The smallest absolute Gasteiger partial charge is 0.244 e. The Kier molecular flexibility index (Phi) is 4.69. The lowest BCUT2D eigenvalue weighted by atomic mass is 9.98. The molecule has 5 heteroatoms. The zero-order chi connectivity index (χ0) is 16.4. The van der Waals surface area contributed by atoms with Gasteiger partial charge in [-0.1, -0.05) is 25.0 Å². The SMILES string of the molecule is CN(C)[C@H](C(=O)N1CCOC2(CCCC2)C1)c1ccc(F)cc1. The van der Waals surface area contributed by atoms with Gasteiger partial charge in [0.2, 0.25) is 5.91 Å². The second-order valence-corrected chi connectivity index (χ2v) is 6.92. The molecule has 1 saturated heterocycles. The first-order valence-corrected chi connectivity index (χ1v) is 8.35. The average Bonchev–Trinajstić information content (AvgIpc) is 2.97. The van der Waals surface area contributed by atoms with Crippen molar-refractivity contribution < 1.29 is 13.9 Å². The van der Waals surface area contributed by atoms with E-state index in [1.165, 1.54) is 25.0 Å². The Labute approximate surface area is 137 Å². The van der Waals surface area contributed by atoms with Crippen molar-refractivity contribution in [3.63, 3.8) is 0 Å². The molecular formula is C18H25FN2O2. The maximum Gasteiger partial charge on any atom is 0.244 e. The highest BCUT2D eigenvalue weighted by Crippen LogP contribution is 2.36. The standard InChI is InChI=1S/C18H25FN2O2/c1-20(2)16(14-5-7-15(19)8-6-14)17(22)21-11-12-23-18(13-21)9-3-4-10-18/h5-8,16H,3-4,9-13H2,1-2H3/t16-/m0/s1. The molecule has 4 nitrogen and oxygen atoms in total. The van der Waals surface area contributed by atoms with Gasteiger partial charge in [0.1, 0.15) is 11.9 Å². The van der Waals surface area contributed by atoms with Gasteiger partial charge in [0, 0.05) is 13.1 Å². The minimum atomic E-state index is -0.382. The van der Waals surface area contributed by atoms with Gasteiger partial charge >= 0.3 is 0 Å². The first kappa shape index (κ1) is 16.4. The summed E-state index contributed by atoms with van der Waals surface area (Å²) in [6, 6.07) is 5.84. The van der Waals surface area contributed by atoms with E-state index in [1.807, 2.05) is 23.9 Å². The maximum absolute atomic E-state index is 13.2. The third kappa shape index (κ3) is 3.40. The zero-order valence-electron chi connectivity index (χ0n) is 13.9. The van der Waals surface area contributed by atoms with Crippen molar-refractivity contribution in [2.75, 3.05) is 33.8 Å². The lowest BCUT2D eigenvalue weighted by molar-refractivity contribution is -0.154. The third-order valence-corrected chi connectivity index (χ3v) is 5.01. The molecule has 1 heterocycles. The van der Waals surface area contributed by atoms with E-state index in [0.717, 1.165) is 18.4 Å². The highest BCUT2D eigenvalue weighted by Gasteiger charge is 2.42. The molecule has 0 N–H and O–H groups in total. The van der Waals surface area contributed by atoms with E-state index in [1.54, 1.807) is 12.1 Å². The number of hydrogen-bond acceptors (Lipinski definition) is 3. The number of hydrogen-bond donors (Lipinski definition) is 0. The monoisotopic (exact) mass is 320 g/mol. The molecule has 1 saturated carbocycles. The van der Waals surface area contributed by atoms with Gasteiger partial charge in [-0.2, -0.15) is 0 Å². The van der Waals surface area contributed by atoms with Crippen molar-refractivity contribution in [3.05, 3.63) is 35.6 Å². The Morgan fingerprint density at radius 3 is 2.52 bits per heavy atom. The average molecular weight is 320 g/mol. The minimum Gasteiger partial charge on any atom is -0.371 e. The summed E-state index contributed by atoms with van der Waals surface area (Å²) in [5.41, 5.74) is 0.696. The van der Waals surface area contributed by atoms with Gasteiger partial charge < -0.3 is 9.64 Å². The third-order valence-electron chi connectivity index (χ3n) is 5.01. The topological polar surface area (TPSA) is 32.8 Å². The Morgan fingerprint density at radius 1 is 1.26 bits per heavy atom. The molecule has 3 rings (SSSR count). The van der Waals surface area contributed by atoms with Gasteiger partial charge in [0.05, 0.1) is 12.2 Å². The van der Waals surface area contributed by atoms with E-state index in [0.29, 0.717) is 19.7 Å². The summed E-state index contributed by atoms with van der Waals surface area (Å²) >= 11 is 0. The molecule has 1 aliphatic heterocycles. The van der Waals surface area contributed by atoms with Crippen molar-refractivity contribution in [2.24, 2.45) is 0 Å². The highest BCUT2D eigenvalue weighted by atomic mass is 19.1. The first-order chi connectivity index (χ1) is 11.0. The van der Waals surface area contributed by atoms with E-state index in [4.69, 9.17) is 4.74 Å². The molecule has 0 bridgehead atoms. The number of carbonyl (C=O) groups excluding carboxylic acids is 1. The van der Waals surface area contributed by atoms with Crippen molar-refractivity contribution in [1.82, 2.24) is 9.80 Å². The molecule has 1 atom stereocenters. The molecular weight excluding hydrogens is 295 g/mol. The summed E-state index contributed by atoms with van der Waals surface area (Å²) < 4.78 is 19.2. The van der Waals surface area contributed by atoms with E-state index in [2.05, 4.69) is 0 Å². The van der Waals surface area contributed by atoms with Gasteiger partial charge in [-0.25, -0.2) is 4.39 Å². The molecule has 1 amide bonds. The largest absolute Gasteiger partial charge is 0.371 e. The number of ether oxygens (including phenoxy) is 1. The number of benzene rings is 1. The number of likely N-dealkylation sites (N-methyl/N-ethyl adjacent to an activating group) is 1. The van der Waals surface area contributed by atoms with E-state index >= 15 is 0 Å². The fourth-order valence-corrected chi connectivity index (χ4v) is 3.83. The van der Waals surface area contributed by atoms with Crippen molar-refractivity contribution in [2.45, 2.75) is 37.3 Å². The molecule has 1 aromatic rings. The van der Waals surface area contributed by atoms with Crippen LogP contribution in [0.3, 0.4) is 0 Å². The normalized spacial score (nSPS) is 21.8. The Hall–Kier alpha value is -1.46. The summed E-state index contributed by atoms with van der Waals surface area (Å²) in [6.45, 7) is 1.92. The predicted octanol–water partition coefficient (Wildman–Crippen LogP) is 2.60. The van der Waals surface area contributed by atoms with Crippen LogP contribution in [0.15, 0.2) is 24.3 Å².